The molecule has 3 unspecified atom stereocenters. The van der Waals surface area contributed by atoms with Crippen molar-refractivity contribution in [3.05, 3.63) is 53.6 Å². The van der Waals surface area contributed by atoms with Gasteiger partial charge in [-0.15, -0.1) is 0 Å². The molecule has 3 aliphatic rings. The fourth-order valence-corrected chi connectivity index (χ4v) is 5.87. The zero-order valence-corrected chi connectivity index (χ0v) is 23.5. The van der Waals surface area contributed by atoms with Crippen LogP contribution >= 0.6 is 0 Å². The van der Waals surface area contributed by atoms with E-state index in [2.05, 4.69) is 11.4 Å². The largest absolute Gasteiger partial charge is 0.444 e. The van der Waals surface area contributed by atoms with Crippen molar-refractivity contribution in [1.82, 2.24) is 10.2 Å². The summed E-state index contributed by atoms with van der Waals surface area (Å²) in [5, 5.41) is 12.8. The van der Waals surface area contributed by atoms with Gasteiger partial charge in [0.25, 0.3) is 0 Å². The molecule has 5 rings (SSSR count). The molecule has 0 spiro atoms. The van der Waals surface area contributed by atoms with Crippen LogP contribution in [0.15, 0.2) is 42.5 Å². The number of anilines is 1. The number of likely N-dealkylation sites (tertiary alicyclic amines) is 1. The van der Waals surface area contributed by atoms with Gasteiger partial charge in [0.05, 0.1) is 18.6 Å². The van der Waals surface area contributed by atoms with Crippen molar-refractivity contribution in [3.8, 4) is 17.2 Å². The second-order valence-corrected chi connectivity index (χ2v) is 11.9. The molecule has 9 nitrogen and oxygen atoms in total. The van der Waals surface area contributed by atoms with Gasteiger partial charge in [-0.2, -0.15) is 5.26 Å². The topological polar surface area (TPSA) is 112 Å². The first-order valence-electron chi connectivity index (χ1n) is 13.8. The monoisotopic (exact) mass is 544 g/mol. The Labute approximate surface area is 235 Å². The van der Waals surface area contributed by atoms with E-state index in [-0.39, 0.29) is 17.9 Å². The second-order valence-electron chi connectivity index (χ2n) is 11.9. The molecule has 2 bridgehead atoms. The van der Waals surface area contributed by atoms with Crippen LogP contribution in [-0.2, 0) is 31.9 Å². The molecule has 0 radical (unpaired) electrons. The van der Waals surface area contributed by atoms with Gasteiger partial charge < -0.3 is 19.7 Å². The van der Waals surface area contributed by atoms with Crippen molar-refractivity contribution in [2.24, 2.45) is 0 Å². The third-order valence-corrected chi connectivity index (χ3v) is 8.01. The van der Waals surface area contributed by atoms with Crippen LogP contribution in [0, 0.1) is 11.3 Å². The SMILES string of the molecule is CN1C(=O)Cc2ccc(-c3ccc(CC(C#N)NC(=O)C45CCOC(CCN4C(=O)OC(C)(C)C)C5)cc3)cc21. The maximum atomic E-state index is 13.8. The molecule has 3 amide bonds. The first-order chi connectivity index (χ1) is 19.0. The van der Waals surface area contributed by atoms with Gasteiger partial charge in [0.2, 0.25) is 11.8 Å². The number of piperidine rings is 1. The number of benzene rings is 2. The van der Waals surface area contributed by atoms with Crippen molar-refractivity contribution >= 4 is 23.6 Å². The lowest BCUT2D eigenvalue weighted by molar-refractivity contribution is -0.154. The normalized spacial score (nSPS) is 22.8. The highest BCUT2D eigenvalue weighted by Crippen LogP contribution is 2.38. The standard InChI is InChI=1S/C31H36N4O5/c1-30(2,3)40-29(38)35-13-11-25-18-31(35,12-14-39-25)28(37)33-24(19-32)15-20-5-7-21(8-6-20)22-9-10-23-17-27(36)34(4)26(23)16-22/h5-10,16,24-25H,11-15,17-18H2,1-4H3,(H,33,37). The highest BCUT2D eigenvalue weighted by molar-refractivity contribution is 6.01. The Morgan fingerprint density at radius 1 is 1.20 bits per heavy atom. The van der Waals surface area contributed by atoms with E-state index in [1.54, 1.807) is 32.7 Å². The third kappa shape index (κ3) is 5.41. The summed E-state index contributed by atoms with van der Waals surface area (Å²) in [4.78, 5) is 42.1. The van der Waals surface area contributed by atoms with Gasteiger partial charge in [0, 0.05) is 45.1 Å². The summed E-state index contributed by atoms with van der Waals surface area (Å²) in [6.07, 6.45) is 1.50. The number of carbonyl (C=O) groups is 3. The van der Waals surface area contributed by atoms with E-state index in [1.165, 1.54) is 4.90 Å². The number of likely N-dealkylation sites (N-methyl/N-ethyl adjacent to an activating group) is 1. The molecule has 2 fully saturated rings. The van der Waals surface area contributed by atoms with Gasteiger partial charge in [-0.25, -0.2) is 4.79 Å². The molecule has 3 atom stereocenters. The Kier molecular flexibility index (Phi) is 7.32. The second kappa shape index (κ2) is 10.6. The molecule has 0 aromatic heterocycles. The third-order valence-electron chi connectivity index (χ3n) is 8.01. The number of rotatable bonds is 5. The highest BCUT2D eigenvalue weighted by Gasteiger charge is 2.54. The fourth-order valence-electron chi connectivity index (χ4n) is 5.87. The molecule has 2 aromatic rings. The molecular formula is C31H36N4O5. The van der Waals surface area contributed by atoms with E-state index in [1.807, 2.05) is 42.5 Å². The number of nitriles is 1. The lowest BCUT2D eigenvalue weighted by Crippen LogP contribution is -2.68. The summed E-state index contributed by atoms with van der Waals surface area (Å²) in [7, 11) is 1.79. The Bertz CT molecular complexity index is 1360. The van der Waals surface area contributed by atoms with Crippen LogP contribution in [0.5, 0.6) is 0 Å². The van der Waals surface area contributed by atoms with E-state index in [4.69, 9.17) is 9.47 Å². The summed E-state index contributed by atoms with van der Waals surface area (Å²) in [6, 6.07) is 15.3. The zero-order chi connectivity index (χ0) is 28.7. The number of nitrogens with zero attached hydrogens (tertiary/aromatic N) is 3. The molecule has 40 heavy (non-hydrogen) atoms. The lowest BCUT2D eigenvalue weighted by atomic mass is 9.79. The van der Waals surface area contributed by atoms with E-state index >= 15 is 0 Å². The van der Waals surface area contributed by atoms with Gasteiger partial charge in [-0.1, -0.05) is 36.4 Å². The van der Waals surface area contributed by atoms with Crippen molar-refractivity contribution in [2.75, 3.05) is 25.1 Å². The molecule has 2 aromatic carbocycles. The van der Waals surface area contributed by atoms with E-state index in [0.29, 0.717) is 45.3 Å². The summed E-state index contributed by atoms with van der Waals surface area (Å²) in [5.74, 6) is -0.253. The van der Waals surface area contributed by atoms with Crippen molar-refractivity contribution in [1.29, 1.82) is 5.26 Å². The smallest absolute Gasteiger partial charge is 0.411 e. The van der Waals surface area contributed by atoms with Crippen LogP contribution in [0.4, 0.5) is 10.5 Å². The van der Waals surface area contributed by atoms with Crippen LogP contribution < -0.4 is 10.2 Å². The molecular weight excluding hydrogens is 508 g/mol. The molecule has 0 saturated carbocycles. The maximum absolute atomic E-state index is 13.8. The average molecular weight is 545 g/mol. The molecule has 2 saturated heterocycles. The fraction of sp³-hybridized carbons (Fsp3) is 0.484. The molecule has 1 N–H and O–H groups in total. The predicted octanol–water partition coefficient (Wildman–Crippen LogP) is 3.98. The van der Waals surface area contributed by atoms with E-state index in [0.717, 1.165) is 27.9 Å². The lowest BCUT2D eigenvalue weighted by Gasteiger charge is -2.51. The quantitative estimate of drug-likeness (QED) is 0.610. The summed E-state index contributed by atoms with van der Waals surface area (Å²) in [5.41, 5.74) is 3.06. The molecule has 3 heterocycles. The van der Waals surface area contributed by atoms with Crippen molar-refractivity contribution in [2.45, 2.75) is 76.2 Å². The van der Waals surface area contributed by atoms with Crippen LogP contribution in [0.2, 0.25) is 0 Å². The van der Waals surface area contributed by atoms with Gasteiger partial charge in [0.15, 0.2) is 0 Å². The molecule has 210 valence electrons. The minimum atomic E-state index is -1.11. The number of hydrogen-bond acceptors (Lipinski definition) is 6. The average Bonchev–Trinajstić information content (AvgIpc) is 3.20. The first kappa shape index (κ1) is 27.7. The number of hydrogen-bond donors (Lipinski definition) is 1. The number of ether oxygens (including phenoxy) is 2. The van der Waals surface area contributed by atoms with E-state index < -0.39 is 23.3 Å². The van der Waals surface area contributed by atoms with Crippen LogP contribution in [0.3, 0.4) is 0 Å². The van der Waals surface area contributed by atoms with Crippen LogP contribution in [-0.4, -0.2) is 66.3 Å². The van der Waals surface area contributed by atoms with Gasteiger partial charge in [-0.3, -0.25) is 14.5 Å². The number of carbonyl (C=O) groups excluding carboxylic acids is 3. The van der Waals surface area contributed by atoms with Gasteiger partial charge in [0.1, 0.15) is 17.2 Å². The Morgan fingerprint density at radius 3 is 2.62 bits per heavy atom. The van der Waals surface area contributed by atoms with E-state index in [9.17, 15) is 19.6 Å². The van der Waals surface area contributed by atoms with Crippen LogP contribution in [0.25, 0.3) is 11.1 Å². The first-order valence-corrected chi connectivity index (χ1v) is 13.8. The minimum absolute atomic E-state index is 0.0883. The highest BCUT2D eigenvalue weighted by atomic mass is 16.6. The summed E-state index contributed by atoms with van der Waals surface area (Å²) >= 11 is 0. The predicted molar refractivity (Wildman–Crippen MR) is 150 cm³/mol. The van der Waals surface area contributed by atoms with Gasteiger partial charge >= 0.3 is 6.09 Å². The van der Waals surface area contributed by atoms with Crippen LogP contribution in [0.1, 0.15) is 51.2 Å². The molecule has 9 heteroatoms. The Morgan fingerprint density at radius 2 is 1.93 bits per heavy atom. The van der Waals surface area contributed by atoms with Crippen molar-refractivity contribution < 1.29 is 23.9 Å². The minimum Gasteiger partial charge on any atom is -0.444 e. The molecule has 0 aliphatic carbocycles. The Balaban J connectivity index is 1.29. The summed E-state index contributed by atoms with van der Waals surface area (Å²) < 4.78 is 11.5. The zero-order valence-electron chi connectivity index (χ0n) is 23.5. The Hall–Kier alpha value is -3.90. The molecule has 3 aliphatic heterocycles. The maximum Gasteiger partial charge on any atom is 0.411 e. The number of fused-ring (bicyclic) bond motifs is 3. The van der Waals surface area contributed by atoms with Crippen molar-refractivity contribution in [3.63, 3.8) is 0 Å². The summed E-state index contributed by atoms with van der Waals surface area (Å²) in [6.45, 7) is 6.13. The number of nitrogens with one attached hydrogen (secondary N) is 1. The van der Waals surface area contributed by atoms with Gasteiger partial charge in [-0.05, 0) is 55.5 Å². The number of amides is 3.